The summed E-state index contributed by atoms with van der Waals surface area (Å²) in [6.07, 6.45) is 3.55. The van der Waals surface area contributed by atoms with Gasteiger partial charge in [0.05, 0.1) is 4.90 Å². The average molecular weight is 472 g/mol. The number of aryl methyl sites for hydroxylation is 1. The first-order chi connectivity index (χ1) is 15.7. The molecule has 0 spiro atoms. The number of benzene rings is 2. The Kier molecular flexibility index (Phi) is 8.63. The lowest BCUT2D eigenvalue weighted by atomic mass is 9.94. The molecule has 1 aliphatic heterocycles. The van der Waals surface area contributed by atoms with E-state index in [0.29, 0.717) is 38.0 Å². The number of nitrogens with one attached hydrogen (secondary N) is 2. The predicted octanol–water partition coefficient (Wildman–Crippen LogP) is 3.57. The van der Waals surface area contributed by atoms with E-state index in [2.05, 4.69) is 22.8 Å². The molecule has 178 valence electrons. The molecule has 0 bridgehead atoms. The van der Waals surface area contributed by atoms with Crippen LogP contribution in [0.15, 0.2) is 59.5 Å². The number of amides is 2. The van der Waals surface area contributed by atoms with Crippen LogP contribution in [-0.2, 0) is 26.0 Å². The minimum absolute atomic E-state index is 0.0328. The average Bonchev–Trinajstić information content (AvgIpc) is 2.78. The van der Waals surface area contributed by atoms with Crippen molar-refractivity contribution in [2.75, 3.05) is 18.4 Å². The molecule has 0 unspecified atom stereocenters. The van der Waals surface area contributed by atoms with Gasteiger partial charge in [-0.2, -0.15) is 4.31 Å². The maximum Gasteiger partial charge on any atom is 0.243 e. The number of carbonyl (C=O) groups excluding carboxylic acids is 2. The lowest BCUT2D eigenvalue weighted by Crippen LogP contribution is -2.40. The summed E-state index contributed by atoms with van der Waals surface area (Å²) >= 11 is 0. The van der Waals surface area contributed by atoms with E-state index in [1.165, 1.54) is 28.9 Å². The number of rotatable bonds is 9. The van der Waals surface area contributed by atoms with Crippen LogP contribution in [0, 0.1) is 5.92 Å². The lowest BCUT2D eigenvalue weighted by molar-refractivity contribution is -0.123. The van der Waals surface area contributed by atoms with E-state index in [1.54, 1.807) is 12.1 Å². The van der Waals surface area contributed by atoms with Crippen molar-refractivity contribution >= 4 is 27.5 Å². The summed E-state index contributed by atoms with van der Waals surface area (Å²) < 4.78 is 27.4. The molecule has 2 N–H and O–H groups in total. The standard InChI is InChI=1S/C25H33N3O4S/c1-19(8-9-21-6-4-3-5-7-21)26-25(30)18-22-14-16-28(17-15-22)33(31,32)24-12-10-23(11-13-24)27-20(2)29/h3-7,10-13,19,22H,8-9,14-18H2,1-2H3,(H,26,30)(H,27,29)/t19-/m0/s1. The Labute approximate surface area is 196 Å². The molecule has 1 atom stereocenters. The monoisotopic (exact) mass is 471 g/mol. The van der Waals surface area contributed by atoms with E-state index >= 15 is 0 Å². The van der Waals surface area contributed by atoms with Crippen LogP contribution in [-0.4, -0.2) is 43.7 Å². The zero-order valence-electron chi connectivity index (χ0n) is 19.3. The summed E-state index contributed by atoms with van der Waals surface area (Å²) in [6.45, 7) is 4.22. The third-order valence-corrected chi connectivity index (χ3v) is 7.89. The Hall–Kier alpha value is -2.71. The van der Waals surface area contributed by atoms with Gasteiger partial charge in [-0.3, -0.25) is 9.59 Å². The van der Waals surface area contributed by atoms with Crippen molar-refractivity contribution in [3.05, 3.63) is 60.2 Å². The summed E-state index contributed by atoms with van der Waals surface area (Å²) in [5.74, 6) is 0.00708. The molecule has 0 aliphatic carbocycles. The van der Waals surface area contributed by atoms with Crippen molar-refractivity contribution in [3.63, 3.8) is 0 Å². The summed E-state index contributed by atoms with van der Waals surface area (Å²) in [5, 5.41) is 5.71. The molecule has 2 aromatic rings. The summed E-state index contributed by atoms with van der Waals surface area (Å²) in [4.78, 5) is 23.8. The molecule has 1 saturated heterocycles. The third kappa shape index (κ3) is 7.40. The molecule has 0 saturated carbocycles. The third-order valence-electron chi connectivity index (χ3n) is 5.98. The second-order valence-electron chi connectivity index (χ2n) is 8.75. The van der Waals surface area contributed by atoms with E-state index in [4.69, 9.17) is 0 Å². The maximum atomic E-state index is 12.9. The highest BCUT2D eigenvalue weighted by atomic mass is 32.2. The smallest absolute Gasteiger partial charge is 0.243 e. The molecule has 1 aliphatic rings. The highest BCUT2D eigenvalue weighted by Gasteiger charge is 2.30. The Balaban J connectivity index is 1.44. The fraction of sp³-hybridized carbons (Fsp3) is 0.440. The largest absolute Gasteiger partial charge is 0.354 e. The maximum absolute atomic E-state index is 12.9. The van der Waals surface area contributed by atoms with Crippen LogP contribution in [0.5, 0.6) is 0 Å². The quantitative estimate of drug-likeness (QED) is 0.584. The second-order valence-corrected chi connectivity index (χ2v) is 10.7. The van der Waals surface area contributed by atoms with Crippen LogP contribution < -0.4 is 10.6 Å². The number of sulfonamides is 1. The molecule has 0 aromatic heterocycles. The van der Waals surface area contributed by atoms with E-state index in [0.717, 1.165) is 12.8 Å². The number of hydrogen-bond acceptors (Lipinski definition) is 4. The number of nitrogens with zero attached hydrogens (tertiary/aromatic N) is 1. The normalized spacial score (nSPS) is 16.2. The van der Waals surface area contributed by atoms with Gasteiger partial charge in [0, 0.05) is 38.2 Å². The molecule has 1 fully saturated rings. The van der Waals surface area contributed by atoms with Gasteiger partial charge in [-0.25, -0.2) is 8.42 Å². The number of anilines is 1. The van der Waals surface area contributed by atoms with Crippen molar-refractivity contribution in [1.29, 1.82) is 0 Å². The van der Waals surface area contributed by atoms with E-state index in [9.17, 15) is 18.0 Å². The van der Waals surface area contributed by atoms with Crippen molar-refractivity contribution in [1.82, 2.24) is 9.62 Å². The van der Waals surface area contributed by atoms with Crippen LogP contribution in [0.25, 0.3) is 0 Å². The van der Waals surface area contributed by atoms with Gasteiger partial charge < -0.3 is 10.6 Å². The molecule has 7 nitrogen and oxygen atoms in total. The van der Waals surface area contributed by atoms with Crippen LogP contribution >= 0.6 is 0 Å². The van der Waals surface area contributed by atoms with Crippen LogP contribution in [0.3, 0.4) is 0 Å². The fourth-order valence-electron chi connectivity index (χ4n) is 4.11. The Morgan fingerprint density at radius 3 is 2.27 bits per heavy atom. The lowest BCUT2D eigenvalue weighted by Gasteiger charge is -2.31. The first kappa shape index (κ1) is 24.9. The van der Waals surface area contributed by atoms with E-state index in [-0.39, 0.29) is 28.7 Å². The number of piperidine rings is 1. The SMILES string of the molecule is CC(=O)Nc1ccc(S(=O)(=O)N2CCC(CC(=O)N[C@@H](C)CCc3ccccc3)CC2)cc1. The van der Waals surface area contributed by atoms with Crippen molar-refractivity contribution in [3.8, 4) is 0 Å². The second kappa shape index (κ2) is 11.4. The Bertz CT molecular complexity index is 1030. The predicted molar refractivity (Wildman–Crippen MR) is 129 cm³/mol. The molecule has 33 heavy (non-hydrogen) atoms. The van der Waals surface area contributed by atoms with Gasteiger partial charge in [-0.1, -0.05) is 30.3 Å². The van der Waals surface area contributed by atoms with Crippen LogP contribution in [0.1, 0.15) is 45.1 Å². The molecular formula is C25H33N3O4S. The summed E-state index contributed by atoms with van der Waals surface area (Å²) in [5.41, 5.74) is 1.82. The molecule has 1 heterocycles. The van der Waals surface area contributed by atoms with Crippen molar-refractivity contribution in [2.45, 2.75) is 56.9 Å². The zero-order chi connectivity index (χ0) is 23.8. The summed E-state index contributed by atoms with van der Waals surface area (Å²) in [7, 11) is -3.59. The van der Waals surface area contributed by atoms with Crippen molar-refractivity contribution in [2.24, 2.45) is 5.92 Å². The molecule has 3 rings (SSSR count). The van der Waals surface area contributed by atoms with Gasteiger partial charge in [0.15, 0.2) is 0 Å². The topological polar surface area (TPSA) is 95.6 Å². The molecule has 8 heteroatoms. The minimum Gasteiger partial charge on any atom is -0.354 e. The van der Waals surface area contributed by atoms with Crippen molar-refractivity contribution < 1.29 is 18.0 Å². The highest BCUT2D eigenvalue weighted by molar-refractivity contribution is 7.89. The molecular weight excluding hydrogens is 438 g/mol. The van der Waals surface area contributed by atoms with Gasteiger partial charge >= 0.3 is 0 Å². The van der Waals surface area contributed by atoms with Gasteiger partial charge in [0.1, 0.15) is 0 Å². The molecule has 2 amide bonds. The van der Waals surface area contributed by atoms with Gasteiger partial charge in [0.25, 0.3) is 0 Å². The van der Waals surface area contributed by atoms with Crippen LogP contribution in [0.2, 0.25) is 0 Å². The van der Waals surface area contributed by atoms with Gasteiger partial charge in [-0.05, 0) is 68.4 Å². The Morgan fingerprint density at radius 1 is 1.03 bits per heavy atom. The van der Waals surface area contributed by atoms with E-state index in [1.807, 2.05) is 25.1 Å². The van der Waals surface area contributed by atoms with E-state index < -0.39 is 10.0 Å². The molecule has 2 aromatic carbocycles. The Morgan fingerprint density at radius 2 is 1.67 bits per heavy atom. The zero-order valence-corrected chi connectivity index (χ0v) is 20.1. The minimum atomic E-state index is -3.59. The first-order valence-electron chi connectivity index (χ1n) is 11.4. The fourth-order valence-corrected chi connectivity index (χ4v) is 5.58. The van der Waals surface area contributed by atoms with Crippen LogP contribution in [0.4, 0.5) is 5.69 Å². The summed E-state index contributed by atoms with van der Waals surface area (Å²) in [6, 6.07) is 16.5. The highest BCUT2D eigenvalue weighted by Crippen LogP contribution is 2.26. The van der Waals surface area contributed by atoms with Gasteiger partial charge in [0.2, 0.25) is 21.8 Å². The first-order valence-corrected chi connectivity index (χ1v) is 12.9. The van der Waals surface area contributed by atoms with Gasteiger partial charge in [-0.15, -0.1) is 0 Å². The number of hydrogen-bond donors (Lipinski definition) is 2. The molecule has 0 radical (unpaired) electrons. The number of carbonyl (C=O) groups is 2.